The Labute approximate surface area is 152 Å². The van der Waals surface area contributed by atoms with Gasteiger partial charge in [-0.05, 0) is 23.8 Å². The van der Waals surface area contributed by atoms with E-state index in [0.717, 1.165) is 22.0 Å². The highest BCUT2D eigenvalue weighted by atomic mass is 32.1. The highest BCUT2D eigenvalue weighted by Crippen LogP contribution is 2.35. The van der Waals surface area contributed by atoms with Crippen molar-refractivity contribution in [3.63, 3.8) is 0 Å². The van der Waals surface area contributed by atoms with Crippen LogP contribution >= 0.6 is 11.3 Å². The number of thiophene rings is 1. The van der Waals surface area contributed by atoms with E-state index in [1.54, 1.807) is 16.2 Å². The van der Waals surface area contributed by atoms with Gasteiger partial charge >= 0.3 is 6.09 Å². The second-order valence-corrected chi connectivity index (χ2v) is 7.18. The van der Waals surface area contributed by atoms with Crippen LogP contribution in [0.2, 0.25) is 0 Å². The van der Waals surface area contributed by atoms with Gasteiger partial charge in [0.05, 0.1) is 12.0 Å². The van der Waals surface area contributed by atoms with Gasteiger partial charge in [0.2, 0.25) is 5.95 Å². The van der Waals surface area contributed by atoms with Crippen molar-refractivity contribution >= 4 is 39.4 Å². The Hall–Kier alpha value is -2.09. The largest absolute Gasteiger partial charge is 0.450 e. The number of anilines is 2. The molecule has 1 saturated heterocycles. The second-order valence-electron chi connectivity index (χ2n) is 6.32. The summed E-state index contributed by atoms with van der Waals surface area (Å²) in [5.74, 6) is 2.03. The molecule has 25 heavy (non-hydrogen) atoms. The lowest BCUT2D eigenvalue weighted by molar-refractivity contribution is 0.105. The van der Waals surface area contributed by atoms with Crippen LogP contribution in [0.15, 0.2) is 5.38 Å². The zero-order valence-corrected chi connectivity index (χ0v) is 16.0. The van der Waals surface area contributed by atoms with Crippen LogP contribution in [0.3, 0.4) is 0 Å². The molecule has 3 heterocycles. The lowest BCUT2D eigenvalue weighted by Crippen LogP contribution is -2.49. The third kappa shape index (κ3) is 3.49. The molecule has 1 aliphatic heterocycles. The fourth-order valence-corrected chi connectivity index (χ4v) is 4.10. The number of amides is 1. The van der Waals surface area contributed by atoms with Crippen molar-refractivity contribution in [3.05, 3.63) is 10.9 Å². The SMILES string of the molecule is CCOC(=O)N1CCN(c2nc(NC)c3c(C(C)C)csc3n2)CC1. The molecule has 7 nitrogen and oxygen atoms in total. The number of hydrogen-bond donors (Lipinski definition) is 1. The summed E-state index contributed by atoms with van der Waals surface area (Å²) in [5, 5.41) is 6.51. The molecule has 0 saturated carbocycles. The summed E-state index contributed by atoms with van der Waals surface area (Å²) in [6.07, 6.45) is -0.241. The predicted octanol–water partition coefficient (Wildman–Crippen LogP) is 3.13. The molecule has 8 heteroatoms. The zero-order chi connectivity index (χ0) is 18.0. The van der Waals surface area contributed by atoms with Gasteiger partial charge in [0.15, 0.2) is 0 Å². The first-order valence-electron chi connectivity index (χ1n) is 8.68. The van der Waals surface area contributed by atoms with Gasteiger partial charge in [-0.25, -0.2) is 9.78 Å². The van der Waals surface area contributed by atoms with E-state index >= 15 is 0 Å². The van der Waals surface area contributed by atoms with Crippen molar-refractivity contribution < 1.29 is 9.53 Å². The fourth-order valence-electron chi connectivity index (χ4n) is 3.00. The average molecular weight is 363 g/mol. The van der Waals surface area contributed by atoms with E-state index in [1.165, 1.54) is 5.56 Å². The van der Waals surface area contributed by atoms with Crippen LogP contribution in [-0.4, -0.2) is 60.8 Å². The van der Waals surface area contributed by atoms with Gasteiger partial charge in [0.25, 0.3) is 0 Å². The minimum atomic E-state index is -0.241. The molecule has 1 amide bonds. The summed E-state index contributed by atoms with van der Waals surface area (Å²) < 4.78 is 5.07. The number of rotatable bonds is 4. The summed E-state index contributed by atoms with van der Waals surface area (Å²) in [5.41, 5.74) is 1.28. The predicted molar refractivity (Wildman–Crippen MR) is 102 cm³/mol. The molecule has 0 atom stereocenters. The van der Waals surface area contributed by atoms with Gasteiger partial charge in [0.1, 0.15) is 10.6 Å². The average Bonchev–Trinajstić information content (AvgIpc) is 3.05. The van der Waals surface area contributed by atoms with Crippen molar-refractivity contribution in [2.24, 2.45) is 0 Å². The summed E-state index contributed by atoms with van der Waals surface area (Å²) in [6, 6.07) is 0. The molecule has 1 aliphatic rings. The smallest absolute Gasteiger partial charge is 0.409 e. The molecule has 2 aromatic heterocycles. The normalized spacial score (nSPS) is 15.1. The summed E-state index contributed by atoms with van der Waals surface area (Å²) in [6.45, 7) is 9.25. The van der Waals surface area contributed by atoms with E-state index in [2.05, 4.69) is 29.4 Å². The van der Waals surface area contributed by atoms with Crippen LogP contribution in [0, 0.1) is 0 Å². The standard InChI is InChI=1S/C17H25N5O2S/c1-5-24-17(23)22-8-6-21(7-9-22)16-19-14(18-4)13-12(11(2)3)10-25-15(13)20-16/h10-11H,5-9H2,1-4H3,(H,18,19,20). The lowest BCUT2D eigenvalue weighted by atomic mass is 10.0. The molecule has 0 bridgehead atoms. The minimum absolute atomic E-state index is 0.241. The number of nitrogens with one attached hydrogen (secondary N) is 1. The van der Waals surface area contributed by atoms with Crippen LogP contribution in [0.1, 0.15) is 32.3 Å². The molecule has 0 spiro atoms. The Morgan fingerprint density at radius 3 is 2.64 bits per heavy atom. The molecular weight excluding hydrogens is 338 g/mol. The van der Waals surface area contributed by atoms with Crippen molar-refractivity contribution in [2.75, 3.05) is 50.1 Å². The van der Waals surface area contributed by atoms with Gasteiger partial charge in [-0.2, -0.15) is 4.98 Å². The van der Waals surface area contributed by atoms with Gasteiger partial charge in [-0.15, -0.1) is 11.3 Å². The zero-order valence-electron chi connectivity index (χ0n) is 15.2. The molecule has 0 radical (unpaired) electrons. The number of aromatic nitrogens is 2. The van der Waals surface area contributed by atoms with Crippen LogP contribution in [0.5, 0.6) is 0 Å². The van der Waals surface area contributed by atoms with Gasteiger partial charge in [0, 0.05) is 33.2 Å². The first-order chi connectivity index (χ1) is 12.0. The maximum absolute atomic E-state index is 11.8. The molecular formula is C17H25N5O2S. The number of hydrogen-bond acceptors (Lipinski definition) is 7. The van der Waals surface area contributed by atoms with Crippen molar-refractivity contribution in [1.29, 1.82) is 0 Å². The molecule has 2 aromatic rings. The van der Waals surface area contributed by atoms with Crippen molar-refractivity contribution in [2.45, 2.75) is 26.7 Å². The Bertz CT molecular complexity index is 753. The minimum Gasteiger partial charge on any atom is -0.450 e. The van der Waals surface area contributed by atoms with E-state index in [-0.39, 0.29) is 6.09 Å². The Morgan fingerprint density at radius 1 is 1.32 bits per heavy atom. The number of carbonyl (C=O) groups excluding carboxylic acids is 1. The fraction of sp³-hybridized carbons (Fsp3) is 0.588. The van der Waals surface area contributed by atoms with Crippen LogP contribution in [0.25, 0.3) is 10.2 Å². The van der Waals surface area contributed by atoms with Gasteiger partial charge < -0.3 is 19.9 Å². The highest BCUT2D eigenvalue weighted by Gasteiger charge is 2.25. The molecule has 3 rings (SSSR count). The Kier molecular flexibility index (Phi) is 5.27. The summed E-state index contributed by atoms with van der Waals surface area (Å²) in [7, 11) is 1.89. The topological polar surface area (TPSA) is 70.6 Å². The van der Waals surface area contributed by atoms with Crippen LogP contribution in [-0.2, 0) is 4.74 Å². The maximum Gasteiger partial charge on any atom is 0.409 e. The molecule has 136 valence electrons. The van der Waals surface area contributed by atoms with Crippen LogP contribution < -0.4 is 10.2 Å². The number of nitrogens with zero attached hydrogens (tertiary/aromatic N) is 4. The third-order valence-corrected chi connectivity index (χ3v) is 5.29. The molecule has 0 unspecified atom stereocenters. The molecule has 0 aliphatic carbocycles. The van der Waals surface area contributed by atoms with Crippen LogP contribution in [0.4, 0.5) is 16.6 Å². The number of ether oxygens (including phenoxy) is 1. The first-order valence-corrected chi connectivity index (χ1v) is 9.56. The Balaban J connectivity index is 1.82. The van der Waals surface area contributed by atoms with Gasteiger partial charge in [-0.1, -0.05) is 13.8 Å². The Morgan fingerprint density at radius 2 is 2.04 bits per heavy atom. The van der Waals surface area contributed by atoms with Crippen molar-refractivity contribution in [1.82, 2.24) is 14.9 Å². The first kappa shape index (κ1) is 17.7. The third-order valence-electron chi connectivity index (χ3n) is 4.40. The highest BCUT2D eigenvalue weighted by molar-refractivity contribution is 7.17. The van der Waals surface area contributed by atoms with Gasteiger partial charge in [-0.3, -0.25) is 0 Å². The maximum atomic E-state index is 11.8. The lowest BCUT2D eigenvalue weighted by Gasteiger charge is -2.34. The van der Waals surface area contributed by atoms with E-state index in [0.29, 0.717) is 38.7 Å². The van der Waals surface area contributed by atoms with E-state index < -0.39 is 0 Å². The number of fused-ring (bicyclic) bond motifs is 1. The number of carbonyl (C=O) groups is 1. The molecule has 0 aromatic carbocycles. The van der Waals surface area contributed by atoms with E-state index in [1.807, 2.05) is 14.0 Å². The van der Waals surface area contributed by atoms with Crippen molar-refractivity contribution in [3.8, 4) is 0 Å². The molecule has 1 fully saturated rings. The summed E-state index contributed by atoms with van der Waals surface area (Å²) >= 11 is 1.66. The second kappa shape index (κ2) is 7.43. The number of piperazine rings is 1. The molecule has 1 N–H and O–H groups in total. The van der Waals surface area contributed by atoms with E-state index in [4.69, 9.17) is 14.7 Å². The monoisotopic (exact) mass is 363 g/mol. The quantitative estimate of drug-likeness (QED) is 0.900. The summed E-state index contributed by atoms with van der Waals surface area (Å²) in [4.78, 5) is 26.2. The van der Waals surface area contributed by atoms with E-state index in [9.17, 15) is 4.79 Å².